The molecule has 0 unspecified atom stereocenters. The van der Waals surface area contributed by atoms with Crippen molar-refractivity contribution in [3.8, 4) is 0 Å². The second-order valence-corrected chi connectivity index (χ2v) is 6.74. The van der Waals surface area contributed by atoms with Gasteiger partial charge >= 0.3 is 0 Å². The highest BCUT2D eigenvalue weighted by molar-refractivity contribution is 6.34. The summed E-state index contributed by atoms with van der Waals surface area (Å²) in [6, 6.07) is 17.5. The van der Waals surface area contributed by atoms with E-state index >= 15 is 0 Å². The van der Waals surface area contributed by atoms with E-state index in [-0.39, 0.29) is 18.5 Å². The Morgan fingerprint density at radius 1 is 1.15 bits per heavy atom. The summed E-state index contributed by atoms with van der Waals surface area (Å²) in [7, 11) is 0. The Labute approximate surface area is 158 Å². The third-order valence-electron chi connectivity index (χ3n) is 4.24. The number of hydrogen-bond donors (Lipinski definition) is 2. The van der Waals surface area contributed by atoms with Crippen LogP contribution < -0.4 is 10.6 Å². The lowest BCUT2D eigenvalue weighted by Crippen LogP contribution is -2.87. The molecule has 134 valence electrons. The number of nitrogens with two attached hydrogens (primary N) is 1. The summed E-state index contributed by atoms with van der Waals surface area (Å²) in [4.78, 5) is 12.5. The van der Waals surface area contributed by atoms with Crippen molar-refractivity contribution in [3.05, 3.63) is 88.3 Å². The first kappa shape index (κ1) is 18.2. The maximum absolute atomic E-state index is 12.5. The van der Waals surface area contributed by atoms with Crippen LogP contribution in [0, 0.1) is 13.8 Å². The van der Waals surface area contributed by atoms with Gasteiger partial charge in [-0.25, -0.2) is 0 Å². The van der Waals surface area contributed by atoms with Gasteiger partial charge in [0.1, 0.15) is 0 Å². The molecule has 3 rings (SSSR count). The predicted molar refractivity (Wildman–Crippen MR) is 103 cm³/mol. The van der Waals surface area contributed by atoms with Crippen LogP contribution >= 0.6 is 11.6 Å². The van der Waals surface area contributed by atoms with Crippen molar-refractivity contribution >= 4 is 23.2 Å². The molecule has 0 aliphatic carbocycles. The summed E-state index contributed by atoms with van der Waals surface area (Å²) in [6.07, 6.45) is 1.65. The lowest BCUT2D eigenvalue weighted by molar-refractivity contribution is -0.678. The molecule has 5 heteroatoms. The third kappa shape index (κ3) is 4.34. The molecule has 0 fully saturated rings. The molecule has 4 nitrogen and oxygen atoms in total. The highest BCUT2D eigenvalue weighted by Gasteiger charge is 2.21. The van der Waals surface area contributed by atoms with E-state index in [4.69, 9.17) is 16.0 Å². The van der Waals surface area contributed by atoms with E-state index in [2.05, 4.69) is 5.32 Å². The maximum atomic E-state index is 12.5. The number of anilines is 1. The van der Waals surface area contributed by atoms with E-state index in [1.165, 1.54) is 0 Å². The molecule has 1 amide bonds. The zero-order chi connectivity index (χ0) is 18.5. The van der Waals surface area contributed by atoms with Gasteiger partial charge in [-0.2, -0.15) is 0 Å². The molecular formula is C21H22ClN2O2+. The molecule has 3 N–H and O–H groups in total. The predicted octanol–water partition coefficient (Wildman–Crippen LogP) is 3.84. The Hall–Kier alpha value is -2.56. The molecule has 1 aromatic heterocycles. The zero-order valence-corrected chi connectivity index (χ0v) is 15.6. The van der Waals surface area contributed by atoms with Crippen molar-refractivity contribution in [1.29, 1.82) is 0 Å². The van der Waals surface area contributed by atoms with Crippen LogP contribution in [-0.4, -0.2) is 12.5 Å². The van der Waals surface area contributed by atoms with Crippen LogP contribution in [0.5, 0.6) is 0 Å². The van der Waals surface area contributed by atoms with E-state index in [1.54, 1.807) is 6.26 Å². The van der Waals surface area contributed by atoms with E-state index in [0.29, 0.717) is 10.7 Å². The van der Waals surface area contributed by atoms with Gasteiger partial charge in [0, 0.05) is 5.56 Å². The second kappa shape index (κ2) is 8.21. The van der Waals surface area contributed by atoms with Crippen LogP contribution in [0.25, 0.3) is 0 Å². The molecule has 0 radical (unpaired) electrons. The van der Waals surface area contributed by atoms with Gasteiger partial charge in [0.15, 0.2) is 18.3 Å². The lowest BCUT2D eigenvalue weighted by Gasteiger charge is -2.15. The molecule has 0 saturated carbocycles. The minimum absolute atomic E-state index is 0.0773. The summed E-state index contributed by atoms with van der Waals surface area (Å²) in [5.41, 5.74) is 3.78. The molecule has 0 bridgehead atoms. The Morgan fingerprint density at radius 2 is 1.92 bits per heavy atom. The van der Waals surface area contributed by atoms with Crippen LogP contribution in [0.2, 0.25) is 5.02 Å². The van der Waals surface area contributed by atoms with Gasteiger partial charge in [-0.1, -0.05) is 48.0 Å². The average Bonchev–Trinajstić information content (AvgIpc) is 3.13. The minimum atomic E-state index is -0.105. The van der Waals surface area contributed by atoms with Gasteiger partial charge in [0.25, 0.3) is 5.91 Å². The summed E-state index contributed by atoms with van der Waals surface area (Å²) in [5.74, 6) is 0.708. The Balaban J connectivity index is 1.71. The van der Waals surface area contributed by atoms with E-state index in [1.807, 2.05) is 73.8 Å². The van der Waals surface area contributed by atoms with Gasteiger partial charge in [-0.05, 0) is 43.2 Å². The van der Waals surface area contributed by atoms with Crippen molar-refractivity contribution < 1.29 is 14.5 Å². The summed E-state index contributed by atoms with van der Waals surface area (Å²) in [6.45, 7) is 4.17. The van der Waals surface area contributed by atoms with Crippen LogP contribution in [-0.2, 0) is 4.79 Å². The van der Waals surface area contributed by atoms with E-state index in [9.17, 15) is 4.79 Å². The SMILES string of the molecule is Cc1cc(C)c(NC(=O)C[NH2+][C@H](c2ccccc2)c2ccco2)c(Cl)c1. The molecule has 1 atom stereocenters. The standard InChI is InChI=1S/C21H21ClN2O2/c1-14-11-15(2)20(17(22)12-14)24-19(25)13-23-21(18-9-6-10-26-18)16-7-4-3-5-8-16/h3-12,21,23H,13H2,1-2H3,(H,24,25)/p+1/t21-/m1/s1. The topological polar surface area (TPSA) is 58.9 Å². The average molecular weight is 370 g/mol. The largest absolute Gasteiger partial charge is 0.463 e. The number of rotatable bonds is 6. The first-order valence-corrected chi connectivity index (χ1v) is 8.90. The molecule has 26 heavy (non-hydrogen) atoms. The first-order valence-electron chi connectivity index (χ1n) is 8.53. The van der Waals surface area contributed by atoms with E-state index in [0.717, 1.165) is 22.5 Å². The third-order valence-corrected chi connectivity index (χ3v) is 4.54. The molecular weight excluding hydrogens is 348 g/mol. The number of quaternary nitrogens is 1. The Bertz CT molecular complexity index is 853. The fourth-order valence-corrected chi connectivity index (χ4v) is 3.40. The van der Waals surface area contributed by atoms with Crippen LogP contribution in [0.15, 0.2) is 65.3 Å². The summed E-state index contributed by atoms with van der Waals surface area (Å²) >= 11 is 6.28. The highest BCUT2D eigenvalue weighted by atomic mass is 35.5. The number of halogens is 1. The highest BCUT2D eigenvalue weighted by Crippen LogP contribution is 2.27. The summed E-state index contributed by atoms with van der Waals surface area (Å²) in [5, 5.41) is 5.44. The van der Waals surface area contributed by atoms with Crippen LogP contribution in [0.4, 0.5) is 5.69 Å². The van der Waals surface area contributed by atoms with Gasteiger partial charge in [0.2, 0.25) is 0 Å². The van der Waals surface area contributed by atoms with Crippen molar-refractivity contribution in [2.45, 2.75) is 19.9 Å². The second-order valence-electron chi connectivity index (χ2n) is 6.33. The van der Waals surface area contributed by atoms with Crippen LogP contribution in [0.3, 0.4) is 0 Å². The van der Waals surface area contributed by atoms with Gasteiger partial charge in [-0.3, -0.25) is 4.79 Å². The van der Waals surface area contributed by atoms with Crippen LogP contribution in [0.1, 0.15) is 28.5 Å². The van der Waals surface area contributed by atoms with Crippen molar-refractivity contribution in [1.82, 2.24) is 0 Å². The minimum Gasteiger partial charge on any atom is -0.463 e. The monoisotopic (exact) mass is 369 g/mol. The Kier molecular flexibility index (Phi) is 5.76. The Morgan fingerprint density at radius 3 is 2.58 bits per heavy atom. The number of furan rings is 1. The fraction of sp³-hybridized carbons (Fsp3) is 0.190. The van der Waals surface area contributed by atoms with Crippen molar-refractivity contribution in [2.75, 3.05) is 11.9 Å². The summed E-state index contributed by atoms with van der Waals surface area (Å²) < 4.78 is 5.57. The lowest BCUT2D eigenvalue weighted by atomic mass is 10.0. The van der Waals surface area contributed by atoms with E-state index < -0.39 is 0 Å². The van der Waals surface area contributed by atoms with Gasteiger partial charge < -0.3 is 15.1 Å². The molecule has 0 aliphatic heterocycles. The molecule has 3 aromatic rings. The first-order chi connectivity index (χ1) is 12.5. The molecule has 0 aliphatic rings. The maximum Gasteiger partial charge on any atom is 0.279 e. The molecule has 0 saturated heterocycles. The quantitative estimate of drug-likeness (QED) is 0.693. The zero-order valence-electron chi connectivity index (χ0n) is 14.8. The number of carbonyl (C=O) groups excluding carboxylic acids is 1. The van der Waals surface area contributed by atoms with Crippen molar-refractivity contribution in [3.63, 3.8) is 0 Å². The smallest absolute Gasteiger partial charge is 0.279 e. The number of aryl methyl sites for hydroxylation is 2. The fourth-order valence-electron chi connectivity index (χ4n) is 3.03. The number of amides is 1. The number of carbonyl (C=O) groups is 1. The molecule has 2 aromatic carbocycles. The number of benzene rings is 2. The molecule has 0 spiro atoms. The number of hydrogen-bond acceptors (Lipinski definition) is 2. The van der Waals surface area contributed by atoms with Gasteiger partial charge in [-0.15, -0.1) is 0 Å². The number of nitrogens with one attached hydrogen (secondary N) is 1. The normalized spacial score (nSPS) is 12.0. The van der Waals surface area contributed by atoms with Gasteiger partial charge in [0.05, 0.1) is 17.0 Å². The molecule has 1 heterocycles. The van der Waals surface area contributed by atoms with Crippen molar-refractivity contribution in [2.24, 2.45) is 0 Å².